The van der Waals surface area contributed by atoms with Crippen LogP contribution in [0.5, 0.6) is 11.5 Å². The number of benzene rings is 2. The van der Waals surface area contributed by atoms with Crippen molar-refractivity contribution >= 4 is 17.5 Å². The fourth-order valence-corrected chi connectivity index (χ4v) is 2.80. The number of nitrogens with zero attached hydrogens (tertiary/aromatic N) is 1. The minimum absolute atomic E-state index is 0.0634. The van der Waals surface area contributed by atoms with Crippen molar-refractivity contribution in [3.63, 3.8) is 0 Å². The highest BCUT2D eigenvalue weighted by Gasteiger charge is 2.17. The normalized spacial score (nSPS) is 11.9. The molecule has 0 bridgehead atoms. The van der Waals surface area contributed by atoms with Gasteiger partial charge in [0.05, 0.1) is 0 Å². The first-order valence-electron chi connectivity index (χ1n) is 8.63. The Morgan fingerprint density at radius 1 is 1.08 bits per heavy atom. The Morgan fingerprint density at radius 2 is 1.81 bits per heavy atom. The molecule has 0 radical (unpaired) electrons. The Labute approximate surface area is 152 Å². The van der Waals surface area contributed by atoms with E-state index < -0.39 is 0 Å². The molecule has 0 atom stereocenters. The number of rotatable bonds is 6. The van der Waals surface area contributed by atoms with Gasteiger partial charge in [-0.25, -0.2) is 0 Å². The van der Waals surface area contributed by atoms with Crippen molar-refractivity contribution in [2.75, 3.05) is 24.8 Å². The van der Waals surface area contributed by atoms with Gasteiger partial charge in [-0.2, -0.15) is 0 Å². The summed E-state index contributed by atoms with van der Waals surface area (Å²) in [5, 5.41) is 2.84. The molecule has 3 rings (SSSR count). The average Bonchev–Trinajstić information content (AvgIpc) is 3.12. The van der Waals surface area contributed by atoms with Gasteiger partial charge in [-0.1, -0.05) is 19.1 Å². The molecule has 1 aliphatic rings. The Balaban J connectivity index is 1.59. The summed E-state index contributed by atoms with van der Waals surface area (Å²) < 4.78 is 10.5. The zero-order valence-corrected chi connectivity index (χ0v) is 15.0. The van der Waals surface area contributed by atoms with E-state index in [1.165, 1.54) is 12.5 Å². The fourth-order valence-electron chi connectivity index (χ4n) is 2.80. The Morgan fingerprint density at radius 3 is 2.50 bits per heavy atom. The molecule has 0 aliphatic carbocycles. The molecular formula is C20H22N2O4. The van der Waals surface area contributed by atoms with Crippen molar-refractivity contribution in [2.24, 2.45) is 0 Å². The number of fused-ring (bicyclic) bond motifs is 1. The lowest BCUT2D eigenvalue weighted by Crippen LogP contribution is -2.37. The molecule has 2 aromatic carbocycles. The summed E-state index contributed by atoms with van der Waals surface area (Å²) in [6.07, 6.45) is 0.950. The molecular weight excluding hydrogens is 332 g/mol. The SMILES string of the molecule is CCc1ccc(N(CCNC(=O)c2ccc3c(c2)OCO3)C(C)=O)cc1. The molecule has 0 spiro atoms. The summed E-state index contributed by atoms with van der Waals surface area (Å²) in [5.41, 5.74) is 2.54. The minimum Gasteiger partial charge on any atom is -0.454 e. The second kappa shape index (κ2) is 7.91. The number of anilines is 1. The quantitative estimate of drug-likeness (QED) is 0.866. The lowest BCUT2D eigenvalue weighted by Gasteiger charge is -2.21. The maximum atomic E-state index is 12.3. The molecule has 2 aromatic rings. The molecule has 0 aromatic heterocycles. The van der Waals surface area contributed by atoms with Gasteiger partial charge < -0.3 is 19.7 Å². The van der Waals surface area contributed by atoms with E-state index in [1.807, 2.05) is 24.3 Å². The maximum absolute atomic E-state index is 12.3. The number of carbonyl (C=O) groups is 2. The zero-order chi connectivity index (χ0) is 18.5. The minimum atomic E-state index is -0.215. The first-order valence-corrected chi connectivity index (χ1v) is 8.63. The molecule has 1 heterocycles. The van der Waals surface area contributed by atoms with Crippen molar-refractivity contribution in [3.05, 3.63) is 53.6 Å². The van der Waals surface area contributed by atoms with E-state index in [-0.39, 0.29) is 18.6 Å². The highest BCUT2D eigenvalue weighted by atomic mass is 16.7. The van der Waals surface area contributed by atoms with E-state index in [1.54, 1.807) is 23.1 Å². The van der Waals surface area contributed by atoms with Gasteiger partial charge in [0, 0.05) is 31.3 Å². The molecule has 2 amide bonds. The second-order valence-electron chi connectivity index (χ2n) is 6.01. The van der Waals surface area contributed by atoms with Crippen LogP contribution in [-0.4, -0.2) is 31.7 Å². The molecule has 1 N–H and O–H groups in total. The van der Waals surface area contributed by atoms with Crippen molar-refractivity contribution in [1.82, 2.24) is 5.32 Å². The van der Waals surface area contributed by atoms with Crippen LogP contribution in [0.4, 0.5) is 5.69 Å². The number of nitrogens with one attached hydrogen (secondary N) is 1. The number of hydrogen-bond acceptors (Lipinski definition) is 4. The predicted molar refractivity (Wildman–Crippen MR) is 98.7 cm³/mol. The molecule has 0 unspecified atom stereocenters. The summed E-state index contributed by atoms with van der Waals surface area (Å²) in [7, 11) is 0. The average molecular weight is 354 g/mol. The number of ether oxygens (including phenoxy) is 2. The van der Waals surface area contributed by atoms with Crippen LogP contribution in [0.15, 0.2) is 42.5 Å². The summed E-state index contributed by atoms with van der Waals surface area (Å²) in [6.45, 7) is 4.53. The van der Waals surface area contributed by atoms with Crippen LogP contribution >= 0.6 is 0 Å². The van der Waals surface area contributed by atoms with E-state index in [4.69, 9.17) is 9.47 Å². The van der Waals surface area contributed by atoms with Crippen LogP contribution < -0.4 is 19.7 Å². The second-order valence-corrected chi connectivity index (χ2v) is 6.01. The maximum Gasteiger partial charge on any atom is 0.251 e. The van der Waals surface area contributed by atoms with E-state index >= 15 is 0 Å². The third-order valence-corrected chi connectivity index (χ3v) is 4.29. The van der Waals surface area contributed by atoms with Gasteiger partial charge in [0.15, 0.2) is 11.5 Å². The molecule has 0 saturated carbocycles. The van der Waals surface area contributed by atoms with Gasteiger partial charge in [0.25, 0.3) is 5.91 Å². The van der Waals surface area contributed by atoms with Gasteiger partial charge >= 0.3 is 0 Å². The summed E-state index contributed by atoms with van der Waals surface area (Å²) >= 11 is 0. The summed E-state index contributed by atoms with van der Waals surface area (Å²) in [5.74, 6) is 0.929. The molecule has 1 aliphatic heterocycles. The van der Waals surface area contributed by atoms with Crippen LogP contribution in [0.2, 0.25) is 0 Å². The fraction of sp³-hybridized carbons (Fsp3) is 0.300. The van der Waals surface area contributed by atoms with Gasteiger partial charge in [0.2, 0.25) is 12.7 Å². The number of amides is 2. The molecule has 0 saturated heterocycles. The number of hydrogen-bond donors (Lipinski definition) is 1. The van der Waals surface area contributed by atoms with E-state index in [0.29, 0.717) is 30.2 Å². The van der Waals surface area contributed by atoms with Crippen LogP contribution in [-0.2, 0) is 11.2 Å². The van der Waals surface area contributed by atoms with Crippen molar-refractivity contribution in [1.29, 1.82) is 0 Å². The molecule has 136 valence electrons. The van der Waals surface area contributed by atoms with Crippen molar-refractivity contribution in [3.8, 4) is 11.5 Å². The van der Waals surface area contributed by atoms with Gasteiger partial charge in [-0.15, -0.1) is 0 Å². The first-order chi connectivity index (χ1) is 12.6. The van der Waals surface area contributed by atoms with Crippen LogP contribution in [0.1, 0.15) is 29.8 Å². The topological polar surface area (TPSA) is 67.9 Å². The molecule has 6 heteroatoms. The van der Waals surface area contributed by atoms with Crippen LogP contribution in [0, 0.1) is 0 Å². The van der Waals surface area contributed by atoms with Gasteiger partial charge in [-0.3, -0.25) is 9.59 Å². The van der Waals surface area contributed by atoms with Gasteiger partial charge in [0.1, 0.15) is 0 Å². The summed E-state index contributed by atoms with van der Waals surface area (Å²) in [6, 6.07) is 12.9. The Hall–Kier alpha value is -3.02. The largest absolute Gasteiger partial charge is 0.454 e. The van der Waals surface area contributed by atoms with E-state index in [0.717, 1.165) is 12.1 Å². The number of carbonyl (C=O) groups excluding carboxylic acids is 2. The Kier molecular flexibility index (Phi) is 5.41. The van der Waals surface area contributed by atoms with Gasteiger partial charge in [-0.05, 0) is 42.3 Å². The molecule has 26 heavy (non-hydrogen) atoms. The first kappa shape index (κ1) is 17.8. The Bertz CT molecular complexity index is 802. The lowest BCUT2D eigenvalue weighted by molar-refractivity contribution is -0.116. The van der Waals surface area contributed by atoms with E-state index in [2.05, 4.69) is 12.2 Å². The molecule has 6 nitrogen and oxygen atoms in total. The van der Waals surface area contributed by atoms with Crippen molar-refractivity contribution < 1.29 is 19.1 Å². The lowest BCUT2D eigenvalue weighted by atomic mass is 10.1. The van der Waals surface area contributed by atoms with Crippen LogP contribution in [0.25, 0.3) is 0 Å². The standard InChI is InChI=1S/C20H22N2O4/c1-3-15-4-7-17(8-5-15)22(14(2)23)11-10-21-20(24)16-6-9-18-19(12-16)26-13-25-18/h4-9,12H,3,10-11,13H2,1-2H3,(H,21,24). The highest BCUT2D eigenvalue weighted by Crippen LogP contribution is 2.32. The number of aryl methyl sites for hydroxylation is 1. The zero-order valence-electron chi connectivity index (χ0n) is 15.0. The predicted octanol–water partition coefficient (Wildman–Crippen LogP) is 2.76. The highest BCUT2D eigenvalue weighted by molar-refractivity contribution is 5.95. The third kappa shape index (κ3) is 3.96. The van der Waals surface area contributed by atoms with E-state index in [9.17, 15) is 9.59 Å². The van der Waals surface area contributed by atoms with Crippen LogP contribution in [0.3, 0.4) is 0 Å². The monoisotopic (exact) mass is 354 g/mol. The smallest absolute Gasteiger partial charge is 0.251 e. The summed E-state index contributed by atoms with van der Waals surface area (Å²) in [4.78, 5) is 25.9. The van der Waals surface area contributed by atoms with Crippen molar-refractivity contribution in [2.45, 2.75) is 20.3 Å². The third-order valence-electron chi connectivity index (χ3n) is 4.29. The molecule has 0 fully saturated rings.